The summed E-state index contributed by atoms with van der Waals surface area (Å²) in [5, 5.41) is 0. The Morgan fingerprint density at radius 2 is 2.07 bits per heavy atom. The summed E-state index contributed by atoms with van der Waals surface area (Å²) in [6.45, 7) is 2.49. The Morgan fingerprint density at radius 3 is 2.47 bits per heavy atom. The van der Waals surface area contributed by atoms with Crippen LogP contribution >= 0.6 is 11.6 Å². The zero-order valence-corrected chi connectivity index (χ0v) is 10.9. The number of sulfonamides is 1. The molecule has 5 heteroatoms. The SMILES string of the molecule is CCCS(=O)(=O)N(CCCCl)C1CCC1. The smallest absolute Gasteiger partial charge is 0.212 e. The van der Waals surface area contributed by atoms with Crippen LogP contribution in [0.5, 0.6) is 0 Å². The lowest BCUT2D eigenvalue weighted by Crippen LogP contribution is -2.45. The molecule has 1 aliphatic rings. The Hall–Kier alpha value is 0.200. The highest BCUT2D eigenvalue weighted by Gasteiger charge is 2.32. The standard InChI is InChI=1S/C10H20ClNO2S/c1-2-9-15(13,14)12(8-4-7-11)10-5-3-6-10/h10H,2-9H2,1H3. The molecule has 1 fully saturated rings. The third kappa shape index (κ3) is 3.61. The minimum absolute atomic E-state index is 0.254. The van der Waals surface area contributed by atoms with Crippen molar-refractivity contribution in [1.82, 2.24) is 4.31 Å². The van der Waals surface area contributed by atoms with Crippen LogP contribution in [-0.2, 0) is 10.0 Å². The summed E-state index contributed by atoms with van der Waals surface area (Å²) >= 11 is 5.62. The Bertz CT molecular complexity index is 275. The fraction of sp³-hybridized carbons (Fsp3) is 1.00. The van der Waals surface area contributed by atoms with Crippen LogP contribution in [0.15, 0.2) is 0 Å². The Labute approximate surface area is 97.8 Å². The number of hydrogen-bond acceptors (Lipinski definition) is 2. The third-order valence-corrected chi connectivity index (χ3v) is 5.20. The van der Waals surface area contributed by atoms with E-state index in [9.17, 15) is 8.42 Å². The van der Waals surface area contributed by atoms with Crippen molar-refractivity contribution in [3.8, 4) is 0 Å². The number of alkyl halides is 1. The van der Waals surface area contributed by atoms with E-state index in [0.717, 1.165) is 25.7 Å². The molecular weight excluding hydrogens is 234 g/mol. The molecule has 1 saturated carbocycles. The van der Waals surface area contributed by atoms with Crippen molar-refractivity contribution < 1.29 is 8.42 Å². The van der Waals surface area contributed by atoms with E-state index in [1.807, 2.05) is 6.92 Å². The second kappa shape index (κ2) is 6.06. The highest BCUT2D eigenvalue weighted by atomic mass is 35.5. The van der Waals surface area contributed by atoms with Crippen molar-refractivity contribution >= 4 is 21.6 Å². The van der Waals surface area contributed by atoms with E-state index in [1.54, 1.807) is 4.31 Å². The molecule has 0 aromatic heterocycles. The lowest BCUT2D eigenvalue weighted by molar-refractivity contribution is 0.220. The van der Waals surface area contributed by atoms with Gasteiger partial charge < -0.3 is 0 Å². The average Bonchev–Trinajstić information content (AvgIpc) is 2.08. The third-order valence-electron chi connectivity index (χ3n) is 2.81. The summed E-state index contributed by atoms with van der Waals surface area (Å²) in [5.74, 6) is 0.802. The Balaban J connectivity index is 2.61. The molecule has 0 spiro atoms. The highest BCUT2D eigenvalue weighted by molar-refractivity contribution is 7.89. The van der Waals surface area contributed by atoms with Crippen molar-refractivity contribution in [2.45, 2.75) is 45.1 Å². The van der Waals surface area contributed by atoms with Crippen LogP contribution in [0, 0.1) is 0 Å². The van der Waals surface area contributed by atoms with E-state index < -0.39 is 10.0 Å². The number of hydrogen-bond donors (Lipinski definition) is 0. The molecule has 15 heavy (non-hydrogen) atoms. The molecule has 0 amide bonds. The molecule has 1 rings (SSSR count). The maximum absolute atomic E-state index is 12.0. The average molecular weight is 254 g/mol. The van der Waals surface area contributed by atoms with Gasteiger partial charge in [-0.3, -0.25) is 0 Å². The first-order valence-corrected chi connectivity index (χ1v) is 7.81. The lowest BCUT2D eigenvalue weighted by atomic mass is 9.93. The molecule has 0 atom stereocenters. The van der Waals surface area contributed by atoms with Crippen LogP contribution in [0.1, 0.15) is 39.0 Å². The first-order valence-electron chi connectivity index (χ1n) is 5.67. The molecular formula is C10H20ClNO2S. The molecule has 90 valence electrons. The van der Waals surface area contributed by atoms with Crippen molar-refractivity contribution in [3.05, 3.63) is 0 Å². The molecule has 0 unspecified atom stereocenters. The Kier molecular flexibility index (Phi) is 5.36. The molecule has 0 N–H and O–H groups in total. The van der Waals surface area contributed by atoms with Crippen LogP contribution in [0.25, 0.3) is 0 Å². The normalized spacial score (nSPS) is 18.1. The first-order chi connectivity index (χ1) is 7.11. The molecule has 0 radical (unpaired) electrons. The van der Waals surface area contributed by atoms with Gasteiger partial charge in [-0.1, -0.05) is 13.3 Å². The molecule has 0 bridgehead atoms. The van der Waals surface area contributed by atoms with Crippen molar-refractivity contribution in [1.29, 1.82) is 0 Å². The van der Waals surface area contributed by atoms with Crippen LogP contribution in [0.3, 0.4) is 0 Å². The zero-order chi connectivity index (χ0) is 11.3. The largest absolute Gasteiger partial charge is 0.214 e. The van der Waals surface area contributed by atoms with Crippen molar-refractivity contribution in [2.75, 3.05) is 18.2 Å². The van der Waals surface area contributed by atoms with E-state index in [1.165, 1.54) is 0 Å². The van der Waals surface area contributed by atoms with E-state index in [4.69, 9.17) is 11.6 Å². The minimum atomic E-state index is -3.03. The summed E-state index contributed by atoms with van der Waals surface area (Å²) in [5.41, 5.74) is 0. The summed E-state index contributed by atoms with van der Waals surface area (Å²) in [4.78, 5) is 0. The summed E-state index contributed by atoms with van der Waals surface area (Å²) in [7, 11) is -3.03. The molecule has 0 aliphatic heterocycles. The van der Waals surface area contributed by atoms with Gasteiger partial charge in [0.1, 0.15) is 0 Å². The maximum atomic E-state index is 12.0. The van der Waals surface area contributed by atoms with Gasteiger partial charge in [0, 0.05) is 18.5 Å². The van der Waals surface area contributed by atoms with Crippen molar-refractivity contribution in [2.24, 2.45) is 0 Å². The molecule has 0 saturated heterocycles. The van der Waals surface area contributed by atoms with E-state index in [2.05, 4.69) is 0 Å². The summed E-state index contributed by atoms with van der Waals surface area (Å²) in [6, 6.07) is 0.254. The fourth-order valence-electron chi connectivity index (χ4n) is 1.81. The molecule has 0 aromatic carbocycles. The topological polar surface area (TPSA) is 37.4 Å². The number of nitrogens with zero attached hydrogens (tertiary/aromatic N) is 1. The van der Waals surface area contributed by atoms with Crippen LogP contribution in [-0.4, -0.2) is 36.9 Å². The van der Waals surface area contributed by atoms with Crippen LogP contribution < -0.4 is 0 Å². The van der Waals surface area contributed by atoms with E-state index in [0.29, 0.717) is 18.8 Å². The van der Waals surface area contributed by atoms with Gasteiger partial charge in [-0.2, -0.15) is 4.31 Å². The molecule has 3 nitrogen and oxygen atoms in total. The fourth-order valence-corrected chi connectivity index (χ4v) is 3.76. The predicted molar refractivity (Wildman–Crippen MR) is 63.8 cm³/mol. The highest BCUT2D eigenvalue weighted by Crippen LogP contribution is 2.27. The monoisotopic (exact) mass is 253 g/mol. The number of rotatable bonds is 7. The predicted octanol–water partition coefficient (Wildman–Crippen LogP) is 2.21. The second-order valence-corrected chi connectivity index (χ2v) is 6.47. The van der Waals surface area contributed by atoms with E-state index in [-0.39, 0.29) is 11.8 Å². The van der Waals surface area contributed by atoms with Gasteiger partial charge in [-0.05, 0) is 25.7 Å². The lowest BCUT2D eigenvalue weighted by Gasteiger charge is -2.36. The number of halogens is 1. The summed E-state index contributed by atoms with van der Waals surface area (Å²) in [6.07, 6.45) is 4.63. The van der Waals surface area contributed by atoms with Gasteiger partial charge in [0.05, 0.1) is 5.75 Å². The summed E-state index contributed by atoms with van der Waals surface area (Å²) < 4.78 is 25.6. The zero-order valence-electron chi connectivity index (χ0n) is 9.28. The van der Waals surface area contributed by atoms with Gasteiger partial charge in [0.25, 0.3) is 0 Å². The van der Waals surface area contributed by atoms with Gasteiger partial charge in [0.15, 0.2) is 0 Å². The van der Waals surface area contributed by atoms with Gasteiger partial charge in [-0.25, -0.2) is 8.42 Å². The van der Waals surface area contributed by atoms with Crippen LogP contribution in [0.4, 0.5) is 0 Å². The van der Waals surface area contributed by atoms with Crippen molar-refractivity contribution in [3.63, 3.8) is 0 Å². The molecule has 1 aliphatic carbocycles. The maximum Gasteiger partial charge on any atom is 0.214 e. The first kappa shape index (κ1) is 13.3. The van der Waals surface area contributed by atoms with E-state index >= 15 is 0 Å². The van der Waals surface area contributed by atoms with Gasteiger partial charge in [-0.15, -0.1) is 11.6 Å². The molecule has 0 aromatic rings. The van der Waals surface area contributed by atoms with Crippen LogP contribution in [0.2, 0.25) is 0 Å². The van der Waals surface area contributed by atoms with Gasteiger partial charge in [0.2, 0.25) is 10.0 Å². The quantitative estimate of drug-likeness (QED) is 0.653. The molecule has 0 heterocycles. The minimum Gasteiger partial charge on any atom is -0.212 e. The second-order valence-electron chi connectivity index (χ2n) is 4.05. The Morgan fingerprint density at radius 1 is 1.40 bits per heavy atom. The van der Waals surface area contributed by atoms with Gasteiger partial charge >= 0.3 is 0 Å².